The molecule has 1 aliphatic rings. The van der Waals surface area contributed by atoms with Gasteiger partial charge in [-0.05, 0) is 56.6 Å². The summed E-state index contributed by atoms with van der Waals surface area (Å²) in [7, 11) is 1.97. The van der Waals surface area contributed by atoms with E-state index in [2.05, 4.69) is 10.4 Å². The maximum Gasteiger partial charge on any atom is 0.274 e. The molecule has 1 saturated heterocycles. The van der Waals surface area contributed by atoms with E-state index in [1.165, 1.54) is 0 Å². The van der Waals surface area contributed by atoms with Crippen LogP contribution in [0.15, 0.2) is 30.5 Å². The molecule has 0 aliphatic carbocycles. The molecule has 0 spiro atoms. The predicted octanol–water partition coefficient (Wildman–Crippen LogP) is 3.25. The minimum Gasteiger partial charge on any atom is -0.337 e. The fourth-order valence-corrected chi connectivity index (χ4v) is 3.29. The van der Waals surface area contributed by atoms with Crippen molar-refractivity contribution in [3.8, 4) is 5.69 Å². The van der Waals surface area contributed by atoms with E-state index in [0.717, 1.165) is 38.2 Å². The van der Waals surface area contributed by atoms with Crippen LogP contribution in [0.5, 0.6) is 0 Å². The summed E-state index contributed by atoms with van der Waals surface area (Å²) in [5, 5.41) is 8.55. The number of piperidine rings is 1. The number of hydrogen-bond acceptors (Lipinski definition) is 3. The second-order valence-electron chi connectivity index (χ2n) is 6.04. The topological polar surface area (TPSA) is 50.2 Å². The number of rotatable bonds is 4. The highest BCUT2D eigenvalue weighted by molar-refractivity contribution is 6.42. The lowest BCUT2D eigenvalue weighted by Crippen LogP contribution is -2.40. The van der Waals surface area contributed by atoms with Crippen molar-refractivity contribution in [3.63, 3.8) is 0 Å². The summed E-state index contributed by atoms with van der Waals surface area (Å²) in [4.78, 5) is 14.5. The van der Waals surface area contributed by atoms with E-state index in [0.29, 0.717) is 21.7 Å². The summed E-state index contributed by atoms with van der Waals surface area (Å²) in [5.41, 5.74) is 1.23. The first kappa shape index (κ1) is 17.3. The van der Waals surface area contributed by atoms with E-state index in [4.69, 9.17) is 23.2 Å². The van der Waals surface area contributed by atoms with Crippen molar-refractivity contribution in [2.24, 2.45) is 5.92 Å². The van der Waals surface area contributed by atoms with Crippen LogP contribution < -0.4 is 5.32 Å². The summed E-state index contributed by atoms with van der Waals surface area (Å²) < 4.78 is 1.64. The zero-order valence-corrected chi connectivity index (χ0v) is 15.0. The van der Waals surface area contributed by atoms with Crippen LogP contribution in [0.2, 0.25) is 10.0 Å². The normalized spacial score (nSPS) is 15.7. The third kappa shape index (κ3) is 3.74. The summed E-state index contributed by atoms with van der Waals surface area (Å²) in [5.74, 6) is 0.629. The molecule has 1 aliphatic heterocycles. The van der Waals surface area contributed by atoms with Gasteiger partial charge in [0.25, 0.3) is 5.91 Å². The van der Waals surface area contributed by atoms with Gasteiger partial charge in [-0.25, -0.2) is 4.68 Å². The van der Waals surface area contributed by atoms with Gasteiger partial charge in [0.05, 0.1) is 15.7 Å². The van der Waals surface area contributed by atoms with E-state index in [9.17, 15) is 4.79 Å². The van der Waals surface area contributed by atoms with E-state index < -0.39 is 0 Å². The highest BCUT2D eigenvalue weighted by Crippen LogP contribution is 2.24. The average Bonchev–Trinajstić information content (AvgIpc) is 3.08. The zero-order chi connectivity index (χ0) is 17.1. The fraction of sp³-hybridized carbons (Fsp3) is 0.412. The van der Waals surface area contributed by atoms with Crippen molar-refractivity contribution in [1.29, 1.82) is 0 Å². The first-order valence-electron chi connectivity index (χ1n) is 8.03. The Labute approximate surface area is 151 Å². The SMILES string of the molecule is CNCC1CCN(C(=O)c2ccn(-c3ccc(Cl)c(Cl)c3)n2)CC1. The number of carbonyl (C=O) groups is 1. The van der Waals surface area contributed by atoms with Gasteiger partial charge in [-0.15, -0.1) is 0 Å². The first-order valence-corrected chi connectivity index (χ1v) is 8.79. The molecule has 1 fully saturated rings. The van der Waals surface area contributed by atoms with Gasteiger partial charge in [0, 0.05) is 19.3 Å². The van der Waals surface area contributed by atoms with Crippen LogP contribution in [0.25, 0.3) is 5.69 Å². The summed E-state index contributed by atoms with van der Waals surface area (Å²) in [6.07, 6.45) is 3.82. The molecule has 0 saturated carbocycles. The molecular formula is C17H20Cl2N4O. The largest absolute Gasteiger partial charge is 0.337 e. The highest BCUT2D eigenvalue weighted by Gasteiger charge is 2.24. The van der Waals surface area contributed by atoms with Crippen LogP contribution in [0, 0.1) is 5.92 Å². The number of aromatic nitrogens is 2. The number of likely N-dealkylation sites (tertiary alicyclic amines) is 1. The van der Waals surface area contributed by atoms with Crippen LogP contribution in [0.3, 0.4) is 0 Å². The fourth-order valence-electron chi connectivity index (χ4n) is 3.00. The van der Waals surface area contributed by atoms with Gasteiger partial charge >= 0.3 is 0 Å². The van der Waals surface area contributed by atoms with E-state index >= 15 is 0 Å². The van der Waals surface area contributed by atoms with Gasteiger partial charge in [-0.1, -0.05) is 23.2 Å². The molecule has 0 radical (unpaired) electrons. The molecule has 0 unspecified atom stereocenters. The lowest BCUT2D eigenvalue weighted by atomic mass is 9.97. The number of benzene rings is 1. The molecule has 2 heterocycles. The van der Waals surface area contributed by atoms with Crippen molar-refractivity contribution in [2.75, 3.05) is 26.7 Å². The lowest BCUT2D eigenvalue weighted by Gasteiger charge is -2.31. The molecule has 1 aromatic heterocycles. The molecule has 128 valence electrons. The third-order valence-electron chi connectivity index (χ3n) is 4.37. The minimum absolute atomic E-state index is 0.0169. The monoisotopic (exact) mass is 366 g/mol. The maximum atomic E-state index is 12.6. The molecule has 0 atom stereocenters. The number of carbonyl (C=O) groups excluding carboxylic acids is 1. The molecular weight excluding hydrogens is 347 g/mol. The minimum atomic E-state index is -0.0169. The summed E-state index contributed by atoms with van der Waals surface area (Å²) in [6, 6.07) is 7.01. The molecule has 1 N–H and O–H groups in total. The predicted molar refractivity (Wildman–Crippen MR) is 96.1 cm³/mol. The Morgan fingerprint density at radius 2 is 2.00 bits per heavy atom. The molecule has 2 aromatic rings. The Balaban J connectivity index is 1.69. The number of hydrogen-bond donors (Lipinski definition) is 1. The maximum absolute atomic E-state index is 12.6. The van der Waals surface area contributed by atoms with Gasteiger partial charge in [0.15, 0.2) is 5.69 Å². The molecule has 3 rings (SSSR count). The van der Waals surface area contributed by atoms with Crippen LogP contribution in [0.1, 0.15) is 23.3 Å². The van der Waals surface area contributed by atoms with Crippen molar-refractivity contribution >= 4 is 29.1 Å². The van der Waals surface area contributed by atoms with Crippen molar-refractivity contribution in [1.82, 2.24) is 20.0 Å². The van der Waals surface area contributed by atoms with Gasteiger partial charge in [0.2, 0.25) is 0 Å². The average molecular weight is 367 g/mol. The zero-order valence-electron chi connectivity index (χ0n) is 13.5. The van der Waals surface area contributed by atoms with Crippen LogP contribution in [-0.4, -0.2) is 47.3 Å². The Morgan fingerprint density at radius 1 is 1.25 bits per heavy atom. The van der Waals surface area contributed by atoms with E-state index in [1.54, 1.807) is 29.1 Å². The van der Waals surface area contributed by atoms with Crippen molar-refractivity contribution in [2.45, 2.75) is 12.8 Å². The highest BCUT2D eigenvalue weighted by atomic mass is 35.5. The Kier molecular flexibility index (Phi) is 5.43. The summed E-state index contributed by atoms with van der Waals surface area (Å²) >= 11 is 12.0. The van der Waals surface area contributed by atoms with Crippen LogP contribution in [-0.2, 0) is 0 Å². The third-order valence-corrected chi connectivity index (χ3v) is 5.11. The lowest BCUT2D eigenvalue weighted by molar-refractivity contribution is 0.0684. The second-order valence-corrected chi connectivity index (χ2v) is 6.85. The van der Waals surface area contributed by atoms with Crippen molar-refractivity contribution in [3.05, 3.63) is 46.2 Å². The smallest absolute Gasteiger partial charge is 0.274 e. The van der Waals surface area contributed by atoms with Crippen LogP contribution >= 0.6 is 23.2 Å². The van der Waals surface area contributed by atoms with E-state index in [-0.39, 0.29) is 5.91 Å². The van der Waals surface area contributed by atoms with Crippen LogP contribution in [0.4, 0.5) is 0 Å². The van der Waals surface area contributed by atoms with Gasteiger partial charge in [-0.2, -0.15) is 5.10 Å². The van der Waals surface area contributed by atoms with Gasteiger partial charge in [-0.3, -0.25) is 4.79 Å². The molecule has 1 aromatic carbocycles. The molecule has 7 heteroatoms. The number of nitrogens with zero attached hydrogens (tertiary/aromatic N) is 3. The Morgan fingerprint density at radius 3 is 2.67 bits per heavy atom. The summed E-state index contributed by atoms with van der Waals surface area (Å²) in [6.45, 7) is 2.57. The molecule has 5 nitrogen and oxygen atoms in total. The Hall–Kier alpha value is -1.56. The number of halogens is 2. The van der Waals surface area contributed by atoms with Crippen molar-refractivity contribution < 1.29 is 4.79 Å². The Bertz CT molecular complexity index is 723. The molecule has 1 amide bonds. The standard InChI is InChI=1S/C17H20Cl2N4O/c1-20-11-12-4-7-22(8-5-12)17(24)16-6-9-23(21-16)13-2-3-14(18)15(19)10-13/h2-3,6,9-10,12,20H,4-5,7-8,11H2,1H3. The van der Waals surface area contributed by atoms with Gasteiger partial charge in [0.1, 0.15) is 0 Å². The first-order chi connectivity index (χ1) is 11.6. The molecule has 24 heavy (non-hydrogen) atoms. The molecule has 0 bridgehead atoms. The number of nitrogens with one attached hydrogen (secondary N) is 1. The second kappa shape index (κ2) is 7.55. The van der Waals surface area contributed by atoms with E-state index in [1.807, 2.05) is 18.0 Å². The van der Waals surface area contributed by atoms with Gasteiger partial charge < -0.3 is 10.2 Å². The number of amides is 1. The quantitative estimate of drug-likeness (QED) is 0.903.